The minimum atomic E-state index is -1.11. The van der Waals surface area contributed by atoms with Gasteiger partial charge in [-0.05, 0) is 18.8 Å². The Balaban J connectivity index is 0.000000184. The van der Waals surface area contributed by atoms with Crippen molar-refractivity contribution in [2.45, 2.75) is 25.7 Å². The minimum Gasteiger partial charge on any atom is -0.251 e. The third kappa shape index (κ3) is 5.44. The Bertz CT molecular complexity index is 208. The van der Waals surface area contributed by atoms with Crippen molar-refractivity contribution < 1.29 is 14.7 Å². The summed E-state index contributed by atoms with van der Waals surface area (Å²) in [5.41, 5.74) is 1.58. The van der Waals surface area contributed by atoms with Gasteiger partial charge in [-0.1, -0.05) is 12.8 Å². The summed E-state index contributed by atoms with van der Waals surface area (Å²) in [4.78, 5) is 0. The van der Waals surface area contributed by atoms with Gasteiger partial charge in [0, 0.05) is 0 Å². The Morgan fingerprint density at radius 2 is 2.08 bits per heavy atom. The van der Waals surface area contributed by atoms with E-state index in [4.69, 9.17) is 0 Å². The molecular formula is C9H11Br3Zr-. The van der Waals surface area contributed by atoms with E-state index in [1.807, 2.05) is 0 Å². The van der Waals surface area contributed by atoms with Gasteiger partial charge < -0.3 is 0 Å². The number of hydrogen-bond donors (Lipinski definition) is 0. The molecule has 0 spiro atoms. The maximum absolute atomic E-state index is 3.32. The second-order valence-electron chi connectivity index (χ2n) is 3.11. The van der Waals surface area contributed by atoms with Crippen LogP contribution in [0, 0.1) is 12.0 Å². The molecule has 0 amide bonds. The second-order valence-corrected chi connectivity index (χ2v) is 37.1. The topological polar surface area (TPSA) is 0 Å². The molecule has 2 aliphatic rings. The molecule has 73 valence electrons. The van der Waals surface area contributed by atoms with Crippen LogP contribution in [0.2, 0.25) is 0 Å². The molecule has 0 saturated heterocycles. The van der Waals surface area contributed by atoms with Crippen molar-refractivity contribution in [3.8, 4) is 0 Å². The monoisotopic (exact) mass is 446 g/mol. The number of fused-ring (bicyclic) bond motifs is 1. The van der Waals surface area contributed by atoms with Crippen molar-refractivity contribution in [2.24, 2.45) is 5.92 Å². The smallest absolute Gasteiger partial charge is 0.0489 e. The van der Waals surface area contributed by atoms with Gasteiger partial charge in [-0.25, -0.2) is 12.2 Å². The third-order valence-electron chi connectivity index (χ3n) is 2.30. The standard InChI is InChI=1S/C9H11.3BrH.Zr/c1-2-5-9-7-3-6-8(9)4-1;;;;/h1-2,8H,3-4,6-7H2;3*1H;/q-1;;;;+3/p-3. The summed E-state index contributed by atoms with van der Waals surface area (Å²) in [5.74, 6) is 0.884. The molecule has 2 aliphatic carbocycles. The SMILES string of the molecule is [Br][Zr]([Br])[Br].[C-]1=C2CCCC2CC=C1. The fourth-order valence-electron chi connectivity index (χ4n) is 1.77. The maximum atomic E-state index is 3.32. The fourth-order valence-corrected chi connectivity index (χ4v) is 1.77. The molecule has 0 aromatic heterocycles. The van der Waals surface area contributed by atoms with E-state index >= 15 is 0 Å². The Labute approximate surface area is 105 Å². The van der Waals surface area contributed by atoms with E-state index in [2.05, 4.69) is 54.9 Å². The summed E-state index contributed by atoms with van der Waals surface area (Å²) in [7, 11) is 0. The van der Waals surface area contributed by atoms with E-state index in [1.165, 1.54) is 25.7 Å². The first kappa shape index (κ1) is 12.9. The molecule has 0 aromatic carbocycles. The zero-order valence-corrected chi connectivity index (χ0v) is 14.4. The van der Waals surface area contributed by atoms with Crippen LogP contribution in [-0.2, 0) is 14.7 Å². The molecule has 1 atom stereocenters. The third-order valence-corrected chi connectivity index (χ3v) is 2.30. The Kier molecular flexibility index (Phi) is 7.07. The number of hydrogen-bond acceptors (Lipinski definition) is 0. The van der Waals surface area contributed by atoms with E-state index < -0.39 is 14.7 Å². The van der Waals surface area contributed by atoms with Crippen molar-refractivity contribution in [1.29, 1.82) is 0 Å². The molecule has 0 aromatic rings. The first-order valence-electron chi connectivity index (χ1n) is 4.31. The van der Waals surface area contributed by atoms with E-state index in [-0.39, 0.29) is 0 Å². The number of rotatable bonds is 0. The van der Waals surface area contributed by atoms with Crippen LogP contribution in [0.5, 0.6) is 0 Å². The van der Waals surface area contributed by atoms with E-state index in [1.54, 1.807) is 5.57 Å². The van der Waals surface area contributed by atoms with Gasteiger partial charge >= 0.3 is 51.4 Å². The van der Waals surface area contributed by atoms with Crippen LogP contribution in [0.4, 0.5) is 0 Å². The predicted molar refractivity (Wildman–Crippen MR) is 64.6 cm³/mol. The Hall–Kier alpha value is 1.80. The van der Waals surface area contributed by atoms with Gasteiger partial charge in [-0.15, -0.1) is 0 Å². The van der Waals surface area contributed by atoms with Gasteiger partial charge in [0.2, 0.25) is 0 Å². The second kappa shape index (κ2) is 7.14. The predicted octanol–water partition coefficient (Wildman–Crippen LogP) is 5.01. The molecular weight excluding hydrogens is 439 g/mol. The van der Waals surface area contributed by atoms with Gasteiger partial charge in [0.05, 0.1) is 0 Å². The van der Waals surface area contributed by atoms with Crippen LogP contribution in [0.15, 0.2) is 17.7 Å². The fraction of sp³-hybridized carbons (Fsp3) is 0.556. The van der Waals surface area contributed by atoms with Gasteiger partial charge in [0.15, 0.2) is 0 Å². The van der Waals surface area contributed by atoms with Crippen molar-refractivity contribution >= 4 is 36.7 Å². The van der Waals surface area contributed by atoms with Gasteiger partial charge in [0.1, 0.15) is 0 Å². The summed E-state index contributed by atoms with van der Waals surface area (Å²) in [6, 6.07) is 0. The average Bonchev–Trinajstić information content (AvgIpc) is 2.49. The molecule has 0 bridgehead atoms. The molecule has 4 heteroatoms. The molecule has 0 nitrogen and oxygen atoms in total. The zero-order chi connectivity index (χ0) is 9.68. The van der Waals surface area contributed by atoms with Crippen LogP contribution in [0.3, 0.4) is 0 Å². The molecule has 0 heterocycles. The number of allylic oxidation sites excluding steroid dienone is 4. The summed E-state index contributed by atoms with van der Waals surface area (Å²) in [6.07, 6.45) is 13.0. The molecule has 13 heavy (non-hydrogen) atoms. The van der Waals surface area contributed by atoms with E-state index in [0.29, 0.717) is 0 Å². The van der Waals surface area contributed by atoms with Gasteiger partial charge in [0.25, 0.3) is 0 Å². The van der Waals surface area contributed by atoms with Crippen LogP contribution < -0.4 is 0 Å². The van der Waals surface area contributed by atoms with Crippen molar-refractivity contribution in [3.63, 3.8) is 0 Å². The van der Waals surface area contributed by atoms with Gasteiger partial charge in [-0.3, -0.25) is 6.08 Å². The zero-order valence-electron chi connectivity index (χ0n) is 7.19. The first-order chi connectivity index (χ1) is 6.20. The van der Waals surface area contributed by atoms with Crippen LogP contribution in [0.25, 0.3) is 0 Å². The minimum absolute atomic E-state index is 0.884. The number of halogens is 3. The Morgan fingerprint density at radius 3 is 2.69 bits per heavy atom. The van der Waals surface area contributed by atoms with Gasteiger partial charge in [-0.2, -0.15) is 5.57 Å². The van der Waals surface area contributed by atoms with Crippen LogP contribution in [0.1, 0.15) is 25.7 Å². The average molecular weight is 450 g/mol. The quantitative estimate of drug-likeness (QED) is 0.456. The molecule has 0 N–H and O–H groups in total. The van der Waals surface area contributed by atoms with Crippen molar-refractivity contribution in [1.82, 2.24) is 0 Å². The maximum Gasteiger partial charge on any atom is -0.0489 e. The summed E-state index contributed by atoms with van der Waals surface area (Å²) < 4.78 is 0. The van der Waals surface area contributed by atoms with Crippen LogP contribution >= 0.6 is 36.7 Å². The van der Waals surface area contributed by atoms with Crippen molar-refractivity contribution in [2.75, 3.05) is 0 Å². The summed E-state index contributed by atoms with van der Waals surface area (Å²) in [6.45, 7) is 0. The van der Waals surface area contributed by atoms with Crippen molar-refractivity contribution in [3.05, 3.63) is 23.8 Å². The molecule has 1 saturated carbocycles. The van der Waals surface area contributed by atoms with Crippen LogP contribution in [-0.4, -0.2) is 0 Å². The molecule has 0 aliphatic heterocycles. The molecule has 2 rings (SSSR count). The van der Waals surface area contributed by atoms with E-state index in [9.17, 15) is 0 Å². The molecule has 0 radical (unpaired) electrons. The Morgan fingerprint density at radius 1 is 1.38 bits per heavy atom. The summed E-state index contributed by atoms with van der Waals surface area (Å²) in [5, 5.41) is 0. The molecule has 1 fully saturated rings. The summed E-state index contributed by atoms with van der Waals surface area (Å²) >= 11 is 8.80. The largest absolute Gasteiger partial charge is 0.251 e. The van der Waals surface area contributed by atoms with E-state index in [0.717, 1.165) is 5.92 Å². The first-order valence-corrected chi connectivity index (χ1v) is 21.2. The normalized spacial score (nSPS) is 24.2. The molecule has 1 unspecified atom stereocenters.